The molecule has 0 aliphatic heterocycles. The summed E-state index contributed by atoms with van der Waals surface area (Å²) in [5, 5.41) is 0. The number of aryl methyl sites for hydroxylation is 2. The summed E-state index contributed by atoms with van der Waals surface area (Å²) < 4.78 is 5.82. The zero-order chi connectivity index (χ0) is 17.0. The monoisotopic (exact) mass is 321 g/mol. The van der Waals surface area contributed by atoms with Crippen molar-refractivity contribution in [3.8, 4) is 11.6 Å². The maximum atomic E-state index is 5.82. The first-order valence-electron chi connectivity index (χ1n) is 8.21. The minimum atomic E-state index is 0.146. The third-order valence-electron chi connectivity index (χ3n) is 3.98. The second-order valence-corrected chi connectivity index (χ2v) is 6.96. The third-order valence-corrected chi connectivity index (χ3v) is 3.98. The number of pyridine rings is 1. The van der Waals surface area contributed by atoms with Gasteiger partial charge in [-0.15, -0.1) is 0 Å². The predicted molar refractivity (Wildman–Crippen MR) is 95.4 cm³/mol. The number of H-pyrrole nitrogens is 1. The van der Waals surface area contributed by atoms with E-state index in [0.29, 0.717) is 5.88 Å². The lowest BCUT2D eigenvalue weighted by Crippen LogP contribution is -2.10. The molecule has 3 aromatic rings. The first-order valence-corrected chi connectivity index (χ1v) is 8.21. The molecule has 0 spiro atoms. The van der Waals surface area contributed by atoms with Crippen LogP contribution in [-0.4, -0.2) is 15.0 Å². The van der Waals surface area contributed by atoms with Gasteiger partial charge in [0.2, 0.25) is 5.88 Å². The molecule has 0 fully saturated rings. The zero-order valence-corrected chi connectivity index (χ0v) is 14.4. The van der Waals surface area contributed by atoms with Gasteiger partial charge in [-0.1, -0.05) is 39.0 Å². The number of imidazole rings is 1. The largest absolute Gasteiger partial charge is 0.439 e. The Morgan fingerprint density at radius 2 is 1.75 bits per heavy atom. The van der Waals surface area contributed by atoms with Gasteiger partial charge in [-0.3, -0.25) is 0 Å². The van der Waals surface area contributed by atoms with E-state index in [1.807, 2.05) is 30.6 Å². The van der Waals surface area contributed by atoms with E-state index in [1.54, 1.807) is 6.33 Å². The molecule has 1 N–H and O–H groups in total. The van der Waals surface area contributed by atoms with E-state index in [-0.39, 0.29) is 5.41 Å². The van der Waals surface area contributed by atoms with Crippen molar-refractivity contribution >= 4 is 0 Å². The first kappa shape index (κ1) is 16.2. The SMILES string of the molecule is CC(C)(C)c1ccc(Oc2ccc(CCc3cnc[nH]3)cn2)cc1. The van der Waals surface area contributed by atoms with E-state index in [2.05, 4.69) is 53.9 Å². The van der Waals surface area contributed by atoms with Crippen LogP contribution >= 0.6 is 0 Å². The molecule has 0 aliphatic rings. The van der Waals surface area contributed by atoms with Gasteiger partial charge in [0.05, 0.1) is 6.33 Å². The molecule has 1 aromatic carbocycles. The molecule has 2 heterocycles. The summed E-state index contributed by atoms with van der Waals surface area (Å²) in [6.07, 6.45) is 7.28. The highest BCUT2D eigenvalue weighted by Gasteiger charge is 2.13. The van der Waals surface area contributed by atoms with Crippen molar-refractivity contribution in [1.82, 2.24) is 15.0 Å². The highest BCUT2D eigenvalue weighted by molar-refractivity contribution is 5.33. The van der Waals surface area contributed by atoms with Crippen molar-refractivity contribution in [1.29, 1.82) is 0 Å². The predicted octanol–water partition coefficient (Wildman–Crippen LogP) is 4.68. The molecule has 24 heavy (non-hydrogen) atoms. The highest BCUT2D eigenvalue weighted by Crippen LogP contribution is 2.26. The molecule has 0 bridgehead atoms. The molecule has 0 saturated carbocycles. The molecule has 0 amide bonds. The van der Waals surface area contributed by atoms with E-state index in [4.69, 9.17) is 4.74 Å². The van der Waals surface area contributed by atoms with Gasteiger partial charge < -0.3 is 9.72 Å². The van der Waals surface area contributed by atoms with Crippen molar-refractivity contribution in [3.63, 3.8) is 0 Å². The van der Waals surface area contributed by atoms with Crippen molar-refractivity contribution in [2.24, 2.45) is 0 Å². The number of rotatable bonds is 5. The number of aromatic amines is 1. The molecular weight excluding hydrogens is 298 g/mol. The molecule has 0 atom stereocenters. The molecule has 0 saturated heterocycles. The van der Waals surface area contributed by atoms with E-state index in [1.165, 1.54) is 11.1 Å². The van der Waals surface area contributed by atoms with Gasteiger partial charge in [-0.25, -0.2) is 9.97 Å². The Bertz CT molecular complexity index is 754. The third kappa shape index (κ3) is 4.22. The van der Waals surface area contributed by atoms with Crippen LogP contribution in [0.15, 0.2) is 55.1 Å². The molecular formula is C20H23N3O. The van der Waals surface area contributed by atoms with Crippen LogP contribution in [0.5, 0.6) is 11.6 Å². The van der Waals surface area contributed by atoms with Crippen molar-refractivity contribution in [2.45, 2.75) is 39.0 Å². The molecule has 124 valence electrons. The van der Waals surface area contributed by atoms with Crippen molar-refractivity contribution in [2.75, 3.05) is 0 Å². The fourth-order valence-electron chi connectivity index (χ4n) is 2.46. The fourth-order valence-corrected chi connectivity index (χ4v) is 2.46. The number of aromatic nitrogens is 3. The Balaban J connectivity index is 1.59. The Labute approximate surface area is 142 Å². The van der Waals surface area contributed by atoms with Crippen LogP contribution in [0, 0.1) is 0 Å². The molecule has 0 radical (unpaired) electrons. The van der Waals surface area contributed by atoms with E-state index in [9.17, 15) is 0 Å². The van der Waals surface area contributed by atoms with Crippen LogP contribution in [0.25, 0.3) is 0 Å². The standard InChI is InChI=1S/C20H23N3O/c1-20(2,3)16-6-9-18(10-7-16)24-19-11-5-15(12-22-19)4-8-17-13-21-14-23-17/h5-7,9-14H,4,8H2,1-3H3,(H,21,23). The lowest BCUT2D eigenvalue weighted by Gasteiger charge is -2.19. The van der Waals surface area contributed by atoms with Crippen LogP contribution in [-0.2, 0) is 18.3 Å². The minimum Gasteiger partial charge on any atom is -0.439 e. The summed E-state index contributed by atoms with van der Waals surface area (Å²) in [5.74, 6) is 1.42. The van der Waals surface area contributed by atoms with Gasteiger partial charge in [0, 0.05) is 24.2 Å². The van der Waals surface area contributed by atoms with Crippen LogP contribution in [0.1, 0.15) is 37.6 Å². The quantitative estimate of drug-likeness (QED) is 0.742. The average Bonchev–Trinajstić information content (AvgIpc) is 3.07. The fraction of sp³-hybridized carbons (Fsp3) is 0.300. The molecule has 4 heteroatoms. The Morgan fingerprint density at radius 3 is 2.33 bits per heavy atom. The van der Waals surface area contributed by atoms with Gasteiger partial charge in [0.15, 0.2) is 0 Å². The minimum absolute atomic E-state index is 0.146. The van der Waals surface area contributed by atoms with Crippen molar-refractivity contribution < 1.29 is 4.74 Å². The topological polar surface area (TPSA) is 50.8 Å². The molecule has 4 nitrogen and oxygen atoms in total. The summed E-state index contributed by atoms with van der Waals surface area (Å²) in [6.45, 7) is 6.60. The second-order valence-electron chi connectivity index (χ2n) is 6.96. The maximum absolute atomic E-state index is 5.82. The van der Waals surface area contributed by atoms with E-state index >= 15 is 0 Å². The Kier molecular flexibility index (Phi) is 4.65. The van der Waals surface area contributed by atoms with E-state index in [0.717, 1.165) is 24.3 Å². The van der Waals surface area contributed by atoms with Crippen molar-refractivity contribution in [3.05, 3.63) is 71.9 Å². The van der Waals surface area contributed by atoms with Gasteiger partial charge in [0.1, 0.15) is 5.75 Å². The first-order chi connectivity index (χ1) is 11.5. The summed E-state index contributed by atoms with van der Waals surface area (Å²) in [7, 11) is 0. The molecule has 0 unspecified atom stereocenters. The number of nitrogens with one attached hydrogen (secondary N) is 1. The van der Waals surface area contributed by atoms with Gasteiger partial charge in [0.25, 0.3) is 0 Å². The van der Waals surface area contributed by atoms with Gasteiger partial charge >= 0.3 is 0 Å². The molecule has 2 aromatic heterocycles. The van der Waals surface area contributed by atoms with Crippen LogP contribution in [0.2, 0.25) is 0 Å². The number of benzene rings is 1. The van der Waals surface area contributed by atoms with E-state index < -0.39 is 0 Å². The van der Waals surface area contributed by atoms with Crippen LogP contribution in [0.4, 0.5) is 0 Å². The lowest BCUT2D eigenvalue weighted by atomic mass is 9.87. The van der Waals surface area contributed by atoms with Crippen LogP contribution < -0.4 is 4.74 Å². The van der Waals surface area contributed by atoms with Gasteiger partial charge in [-0.05, 0) is 41.5 Å². The van der Waals surface area contributed by atoms with Gasteiger partial charge in [-0.2, -0.15) is 0 Å². The number of hydrogen-bond donors (Lipinski definition) is 1. The zero-order valence-electron chi connectivity index (χ0n) is 14.4. The smallest absolute Gasteiger partial charge is 0.219 e. The molecule has 3 rings (SSSR count). The Hall–Kier alpha value is -2.62. The van der Waals surface area contributed by atoms with Crippen LogP contribution in [0.3, 0.4) is 0 Å². The summed E-state index contributed by atoms with van der Waals surface area (Å²) >= 11 is 0. The highest BCUT2D eigenvalue weighted by atomic mass is 16.5. The summed E-state index contributed by atoms with van der Waals surface area (Å²) in [6, 6.07) is 12.2. The summed E-state index contributed by atoms with van der Waals surface area (Å²) in [5.41, 5.74) is 3.75. The average molecular weight is 321 g/mol. The maximum Gasteiger partial charge on any atom is 0.219 e. The molecule has 0 aliphatic carbocycles. The summed E-state index contributed by atoms with van der Waals surface area (Å²) in [4.78, 5) is 11.5. The second kappa shape index (κ2) is 6.87. The number of hydrogen-bond acceptors (Lipinski definition) is 3. The lowest BCUT2D eigenvalue weighted by molar-refractivity contribution is 0.461. The number of nitrogens with zero attached hydrogens (tertiary/aromatic N) is 2. The Morgan fingerprint density at radius 1 is 0.958 bits per heavy atom. The number of ether oxygens (including phenoxy) is 1. The normalized spacial score (nSPS) is 11.5.